The quantitative estimate of drug-likeness (QED) is 0.837. The van der Waals surface area contributed by atoms with Crippen molar-refractivity contribution in [3.63, 3.8) is 0 Å². The molecule has 0 aliphatic heterocycles. The number of benzene rings is 2. The van der Waals surface area contributed by atoms with Gasteiger partial charge in [-0.3, -0.25) is 9.10 Å². The predicted molar refractivity (Wildman–Crippen MR) is 98.4 cm³/mol. The van der Waals surface area contributed by atoms with E-state index in [4.69, 9.17) is 28.5 Å². The molecule has 25 heavy (non-hydrogen) atoms. The summed E-state index contributed by atoms with van der Waals surface area (Å²) in [5.41, 5.74) is 0.857. The molecule has 0 fully saturated rings. The Kier molecular flexibility index (Phi) is 5.90. The number of para-hydroxylation sites is 1. The molecule has 2 rings (SSSR count). The predicted octanol–water partition coefficient (Wildman–Crippen LogP) is 3.27. The Labute approximate surface area is 155 Å². The zero-order valence-electron chi connectivity index (χ0n) is 13.0. The van der Waals surface area contributed by atoms with Gasteiger partial charge in [0.25, 0.3) is 0 Å². The van der Waals surface area contributed by atoms with E-state index >= 15 is 0 Å². The number of rotatable bonds is 5. The fourth-order valence-corrected chi connectivity index (χ4v) is 3.38. The summed E-state index contributed by atoms with van der Waals surface area (Å²) in [6, 6.07) is 12.5. The molecule has 0 atom stereocenters. The van der Waals surface area contributed by atoms with Gasteiger partial charge in [-0.25, -0.2) is 8.42 Å². The minimum Gasteiger partial charge on any atom is -0.322 e. The molecule has 1 amide bonds. The van der Waals surface area contributed by atoms with Gasteiger partial charge >= 0.3 is 0 Å². The van der Waals surface area contributed by atoms with Gasteiger partial charge in [0.05, 0.1) is 39.3 Å². The number of carbonyl (C=O) groups is 1. The molecule has 0 aliphatic carbocycles. The Balaban J connectivity index is 2.25. The molecule has 0 aliphatic rings. The first kappa shape index (κ1) is 19.1. The van der Waals surface area contributed by atoms with E-state index in [-0.39, 0.29) is 21.4 Å². The molecule has 0 spiro atoms. The number of hydrogen-bond donors (Lipinski definition) is 1. The van der Waals surface area contributed by atoms with Crippen LogP contribution in [0.5, 0.6) is 0 Å². The monoisotopic (exact) mass is 397 g/mol. The zero-order chi connectivity index (χ0) is 18.6. The smallest absolute Gasteiger partial charge is 0.245 e. The molecule has 2 aromatic rings. The molecule has 0 saturated carbocycles. The van der Waals surface area contributed by atoms with Crippen LogP contribution in [0.3, 0.4) is 0 Å². The third-order valence-corrected chi connectivity index (χ3v) is 4.97. The summed E-state index contributed by atoms with van der Waals surface area (Å²) in [6.07, 6.45) is 0.987. The lowest BCUT2D eigenvalue weighted by atomic mass is 10.2. The highest BCUT2D eigenvalue weighted by Gasteiger charge is 2.21. The molecule has 0 bridgehead atoms. The number of anilines is 2. The van der Waals surface area contributed by atoms with Crippen LogP contribution in [0.25, 0.3) is 0 Å². The maximum atomic E-state index is 12.3. The number of halogens is 2. The number of nitrogens with zero attached hydrogens (tertiary/aromatic N) is 2. The average molecular weight is 398 g/mol. The molecular formula is C16H13Cl2N3O3S. The van der Waals surface area contributed by atoms with Crippen molar-refractivity contribution >= 4 is 50.5 Å². The van der Waals surface area contributed by atoms with Crippen LogP contribution in [0.1, 0.15) is 5.56 Å². The van der Waals surface area contributed by atoms with Crippen molar-refractivity contribution in [2.75, 3.05) is 22.4 Å². The van der Waals surface area contributed by atoms with Gasteiger partial charge in [0.2, 0.25) is 15.9 Å². The number of carbonyl (C=O) groups excluding carboxylic acids is 1. The van der Waals surface area contributed by atoms with E-state index in [1.165, 1.54) is 24.3 Å². The van der Waals surface area contributed by atoms with Crippen LogP contribution in [0.2, 0.25) is 10.0 Å². The lowest BCUT2D eigenvalue weighted by Gasteiger charge is -2.22. The molecule has 0 unspecified atom stereocenters. The number of nitriles is 1. The first-order chi connectivity index (χ1) is 11.7. The number of amides is 1. The van der Waals surface area contributed by atoms with Gasteiger partial charge < -0.3 is 5.32 Å². The minimum atomic E-state index is -3.72. The Hall–Kier alpha value is -2.27. The molecule has 9 heteroatoms. The second-order valence-electron chi connectivity index (χ2n) is 5.07. The Morgan fingerprint density at radius 1 is 1.16 bits per heavy atom. The van der Waals surface area contributed by atoms with Gasteiger partial charge in [-0.15, -0.1) is 0 Å². The SMILES string of the molecule is CS(=O)(=O)N(CC(=O)Nc1c(Cl)cccc1Cl)c1ccc(C#N)cc1. The van der Waals surface area contributed by atoms with E-state index in [9.17, 15) is 13.2 Å². The highest BCUT2D eigenvalue weighted by atomic mass is 35.5. The summed E-state index contributed by atoms with van der Waals surface area (Å²) in [4.78, 5) is 12.3. The fourth-order valence-electron chi connectivity index (χ4n) is 2.03. The Morgan fingerprint density at radius 2 is 1.72 bits per heavy atom. The normalized spacial score (nSPS) is 10.8. The van der Waals surface area contributed by atoms with Crippen molar-refractivity contribution in [1.29, 1.82) is 5.26 Å². The second kappa shape index (κ2) is 7.74. The molecule has 0 radical (unpaired) electrons. The van der Waals surface area contributed by atoms with Gasteiger partial charge in [-0.1, -0.05) is 29.3 Å². The third kappa shape index (κ3) is 4.86. The van der Waals surface area contributed by atoms with E-state index in [2.05, 4.69) is 5.32 Å². The summed E-state index contributed by atoms with van der Waals surface area (Å²) in [6.45, 7) is -0.466. The third-order valence-electron chi connectivity index (χ3n) is 3.20. The van der Waals surface area contributed by atoms with Crippen LogP contribution in [-0.2, 0) is 14.8 Å². The lowest BCUT2D eigenvalue weighted by molar-refractivity contribution is -0.114. The first-order valence-corrected chi connectivity index (χ1v) is 9.54. The first-order valence-electron chi connectivity index (χ1n) is 6.94. The molecule has 0 saturated heterocycles. The Bertz CT molecular complexity index is 918. The van der Waals surface area contributed by atoms with E-state index in [1.807, 2.05) is 6.07 Å². The summed E-state index contributed by atoms with van der Waals surface area (Å²) in [5.74, 6) is -0.607. The van der Waals surface area contributed by atoms with Crippen LogP contribution in [0.15, 0.2) is 42.5 Å². The lowest BCUT2D eigenvalue weighted by Crippen LogP contribution is -2.37. The van der Waals surface area contributed by atoms with Gasteiger partial charge in [0.1, 0.15) is 6.54 Å². The van der Waals surface area contributed by atoms with E-state index in [0.717, 1.165) is 10.6 Å². The van der Waals surface area contributed by atoms with Gasteiger partial charge in [-0.05, 0) is 36.4 Å². The van der Waals surface area contributed by atoms with Gasteiger partial charge in [-0.2, -0.15) is 5.26 Å². The molecule has 130 valence electrons. The Morgan fingerprint density at radius 3 is 2.20 bits per heavy atom. The van der Waals surface area contributed by atoms with E-state index in [1.54, 1.807) is 18.2 Å². The van der Waals surface area contributed by atoms with Crippen LogP contribution in [0, 0.1) is 11.3 Å². The van der Waals surface area contributed by atoms with Crippen molar-refractivity contribution in [1.82, 2.24) is 0 Å². The molecule has 1 N–H and O–H groups in total. The molecule has 6 nitrogen and oxygen atoms in total. The zero-order valence-corrected chi connectivity index (χ0v) is 15.4. The number of nitrogens with one attached hydrogen (secondary N) is 1. The molecule has 0 aromatic heterocycles. The van der Waals surface area contributed by atoms with Gasteiger partial charge in [0, 0.05) is 0 Å². The van der Waals surface area contributed by atoms with Crippen LogP contribution < -0.4 is 9.62 Å². The van der Waals surface area contributed by atoms with Gasteiger partial charge in [0.15, 0.2) is 0 Å². The summed E-state index contributed by atoms with van der Waals surface area (Å²) in [7, 11) is -3.72. The standard InChI is InChI=1S/C16H13Cl2N3O3S/c1-25(23,24)21(12-7-5-11(9-19)6-8-12)10-15(22)20-16-13(17)3-2-4-14(16)18/h2-8H,10H2,1H3,(H,20,22). The summed E-state index contributed by atoms with van der Waals surface area (Å²) < 4.78 is 25.0. The fraction of sp³-hybridized carbons (Fsp3) is 0.125. The van der Waals surface area contributed by atoms with Crippen molar-refractivity contribution in [3.8, 4) is 6.07 Å². The highest BCUT2D eigenvalue weighted by molar-refractivity contribution is 7.92. The maximum absolute atomic E-state index is 12.3. The second-order valence-corrected chi connectivity index (χ2v) is 7.79. The summed E-state index contributed by atoms with van der Waals surface area (Å²) in [5, 5.41) is 11.8. The molecular weight excluding hydrogens is 385 g/mol. The summed E-state index contributed by atoms with van der Waals surface area (Å²) >= 11 is 12.0. The van der Waals surface area contributed by atoms with Crippen LogP contribution in [0.4, 0.5) is 11.4 Å². The van der Waals surface area contributed by atoms with Crippen molar-refractivity contribution in [2.24, 2.45) is 0 Å². The van der Waals surface area contributed by atoms with E-state index in [0.29, 0.717) is 5.56 Å². The van der Waals surface area contributed by atoms with Crippen molar-refractivity contribution in [2.45, 2.75) is 0 Å². The maximum Gasteiger partial charge on any atom is 0.245 e. The topological polar surface area (TPSA) is 90.3 Å². The molecule has 0 heterocycles. The number of sulfonamides is 1. The van der Waals surface area contributed by atoms with E-state index < -0.39 is 22.5 Å². The van der Waals surface area contributed by atoms with Crippen LogP contribution >= 0.6 is 23.2 Å². The van der Waals surface area contributed by atoms with Crippen LogP contribution in [-0.4, -0.2) is 27.1 Å². The van der Waals surface area contributed by atoms with Crippen molar-refractivity contribution in [3.05, 3.63) is 58.1 Å². The largest absolute Gasteiger partial charge is 0.322 e. The average Bonchev–Trinajstić information content (AvgIpc) is 2.55. The molecule has 2 aromatic carbocycles. The number of hydrogen-bond acceptors (Lipinski definition) is 4. The van der Waals surface area contributed by atoms with Crippen molar-refractivity contribution < 1.29 is 13.2 Å². The minimum absolute atomic E-state index is 0.212. The highest BCUT2D eigenvalue weighted by Crippen LogP contribution is 2.30.